The topological polar surface area (TPSA) is 28.5 Å². The van der Waals surface area contributed by atoms with E-state index in [-0.39, 0.29) is 40.2 Å². The summed E-state index contributed by atoms with van der Waals surface area (Å²) in [7, 11) is 0. The van der Waals surface area contributed by atoms with Crippen molar-refractivity contribution in [3.8, 4) is 0 Å². The van der Waals surface area contributed by atoms with Crippen LogP contribution in [0.5, 0.6) is 0 Å². The molecule has 5 heteroatoms. The van der Waals surface area contributed by atoms with Crippen LogP contribution in [0.1, 0.15) is 11.3 Å². The molecule has 1 atom stereocenters. The summed E-state index contributed by atoms with van der Waals surface area (Å²) in [5.74, 6) is 3.23. The number of rotatable bonds is 4. The summed E-state index contributed by atoms with van der Waals surface area (Å²) in [6, 6.07) is 14.4. The van der Waals surface area contributed by atoms with Gasteiger partial charge < -0.3 is 0 Å². The number of aryl methyl sites for hydroxylation is 1. The largest absolute Gasteiger partial charge is 2.00 e. The average molecular weight is 617 g/mol. The first-order valence-electron chi connectivity index (χ1n) is 13.1. The second kappa shape index (κ2) is 18.3. The summed E-state index contributed by atoms with van der Waals surface area (Å²) in [4.78, 5) is 12.0. The standard InChI is InChI=1S/C26H21N3.2C5H5.2Fe/c1-19-10-2-7-16-24(19)29-25(21-13-5-6-14-21)18-23(20-11-3-4-12-20)28-26(29)22-15-8-9-17-27-22;2*1-2-4-5-3-1;;/h2-18,23H,1H3;2*1-5H;;/q;;;2*+2. The Labute approximate surface area is 271 Å². The van der Waals surface area contributed by atoms with Crippen molar-refractivity contribution in [2.45, 2.75) is 13.0 Å². The van der Waals surface area contributed by atoms with Crippen molar-refractivity contribution in [1.29, 1.82) is 0 Å². The van der Waals surface area contributed by atoms with E-state index < -0.39 is 0 Å². The van der Waals surface area contributed by atoms with E-state index in [1.165, 1.54) is 17.4 Å². The zero-order valence-electron chi connectivity index (χ0n) is 22.7. The average Bonchev–Trinajstić information content (AvgIpc) is 3.83. The zero-order chi connectivity index (χ0) is 26.7. The number of aromatic nitrogens is 1. The summed E-state index contributed by atoms with van der Waals surface area (Å²) in [5.41, 5.74) is 4.31. The summed E-state index contributed by atoms with van der Waals surface area (Å²) in [6.07, 6.45) is 40.9. The van der Waals surface area contributed by atoms with Crippen LogP contribution in [0.25, 0.3) is 0 Å². The van der Waals surface area contributed by atoms with E-state index in [1.54, 1.807) is 0 Å². The Kier molecular flexibility index (Phi) is 15.2. The van der Waals surface area contributed by atoms with E-state index in [9.17, 15) is 0 Å². The Bertz CT molecular complexity index is 1040. The van der Waals surface area contributed by atoms with Gasteiger partial charge in [0.05, 0.1) is 11.7 Å². The molecule has 0 spiro atoms. The van der Waals surface area contributed by atoms with Gasteiger partial charge in [-0.15, -0.1) is 0 Å². The SMILES string of the molecule is Cc1ccccc1N1C([C]2[CH][CH][CH][CH]2)=CC([C]2[CH][CH][CH][CH]2)N=C1c1ccccn1.[CH]1[CH][CH][CH][CH]1.[CH]1[CH][CH][CH][CH]1.[Fe+2].[Fe+2]. The molecule has 0 bridgehead atoms. The van der Waals surface area contributed by atoms with Crippen molar-refractivity contribution >= 4 is 11.5 Å². The normalized spacial score (nSPS) is 22.4. The number of nitrogens with zero attached hydrogens (tertiary/aromatic N) is 3. The van der Waals surface area contributed by atoms with E-state index in [0.717, 1.165) is 22.9 Å². The molecule has 0 N–H and O–H groups in total. The number of para-hydroxylation sites is 1. The van der Waals surface area contributed by atoms with Crippen LogP contribution >= 0.6 is 0 Å². The van der Waals surface area contributed by atoms with Gasteiger partial charge >= 0.3 is 34.1 Å². The third-order valence-electron chi connectivity index (χ3n) is 6.38. The molecule has 2 heterocycles. The van der Waals surface area contributed by atoms with Crippen molar-refractivity contribution in [2.75, 3.05) is 4.90 Å². The van der Waals surface area contributed by atoms with Crippen LogP contribution < -0.4 is 4.90 Å². The van der Waals surface area contributed by atoms with Gasteiger partial charge in [0, 0.05) is 23.7 Å². The molecule has 4 fully saturated rings. The van der Waals surface area contributed by atoms with Crippen LogP contribution in [0.15, 0.2) is 65.4 Å². The van der Waals surface area contributed by atoms with Crippen molar-refractivity contribution in [1.82, 2.24) is 4.98 Å². The Morgan fingerprint density at radius 1 is 0.610 bits per heavy atom. The second-order valence-electron chi connectivity index (χ2n) is 9.10. The molecule has 41 heavy (non-hydrogen) atoms. The summed E-state index contributed by atoms with van der Waals surface area (Å²) < 4.78 is 0. The number of amidine groups is 1. The molecule has 5 aliphatic rings. The molecular weight excluding hydrogens is 586 g/mol. The van der Waals surface area contributed by atoms with Crippen LogP contribution in [-0.2, 0) is 34.1 Å². The van der Waals surface area contributed by atoms with Gasteiger partial charge in [0.15, 0.2) is 5.84 Å². The van der Waals surface area contributed by atoms with Crippen LogP contribution in [0.4, 0.5) is 5.69 Å². The summed E-state index contributed by atoms with van der Waals surface area (Å²) in [6.45, 7) is 2.14. The molecule has 1 aliphatic heterocycles. The maximum absolute atomic E-state index is 5.16. The van der Waals surface area contributed by atoms with Crippen LogP contribution in [0.3, 0.4) is 0 Å². The smallest absolute Gasteiger partial charge is 0.297 e. The van der Waals surface area contributed by atoms with Gasteiger partial charge in [0.2, 0.25) is 0 Å². The van der Waals surface area contributed by atoms with E-state index in [4.69, 9.17) is 4.99 Å². The molecule has 0 amide bonds. The Morgan fingerprint density at radius 3 is 1.68 bits per heavy atom. The monoisotopic (exact) mass is 617 g/mol. The van der Waals surface area contributed by atoms with E-state index in [1.807, 2.05) is 88.6 Å². The number of allylic oxidation sites excluding steroid dienone is 1. The number of pyridine rings is 1. The molecule has 1 aromatic heterocycles. The molecule has 0 saturated heterocycles. The Balaban J connectivity index is 0.000000325. The quantitative estimate of drug-likeness (QED) is 0.355. The first-order valence-corrected chi connectivity index (χ1v) is 13.1. The summed E-state index contributed by atoms with van der Waals surface area (Å²) in [5, 5.41) is 0. The molecule has 4 saturated carbocycles. The third-order valence-corrected chi connectivity index (χ3v) is 6.38. The van der Waals surface area contributed by atoms with Crippen LogP contribution in [-0.4, -0.2) is 16.9 Å². The fourth-order valence-corrected chi connectivity index (χ4v) is 4.47. The number of hydrogen-bond donors (Lipinski definition) is 0. The van der Waals surface area contributed by atoms with Crippen molar-refractivity contribution in [3.05, 3.63) is 199 Å². The number of hydrogen-bond acceptors (Lipinski definition) is 3. The molecule has 1 unspecified atom stereocenters. The van der Waals surface area contributed by atoms with E-state index >= 15 is 0 Å². The van der Waals surface area contributed by atoms with Gasteiger partial charge in [-0.2, -0.15) is 0 Å². The minimum atomic E-state index is -0.0489. The fraction of sp³-hybridized carbons (Fsp3) is 0.0556. The second-order valence-corrected chi connectivity index (χ2v) is 9.10. The molecule has 3 nitrogen and oxygen atoms in total. The predicted molar refractivity (Wildman–Crippen MR) is 160 cm³/mol. The van der Waals surface area contributed by atoms with Crippen molar-refractivity contribution in [2.24, 2.45) is 4.99 Å². The number of anilines is 1. The molecule has 2 aromatic rings. The molecule has 202 valence electrons. The first-order chi connectivity index (χ1) is 19.3. The van der Waals surface area contributed by atoms with Gasteiger partial charge in [0.1, 0.15) is 5.69 Å². The maximum atomic E-state index is 5.16. The van der Waals surface area contributed by atoms with Crippen molar-refractivity contribution < 1.29 is 34.1 Å². The van der Waals surface area contributed by atoms with Gasteiger partial charge in [-0.1, -0.05) is 24.3 Å². The molecule has 7 rings (SSSR count). The number of benzene rings is 1. The van der Waals surface area contributed by atoms with Crippen molar-refractivity contribution in [3.63, 3.8) is 0 Å². The number of aliphatic imine (C=N–C) groups is 1. The van der Waals surface area contributed by atoms with Gasteiger partial charge in [-0.3, -0.25) is 14.9 Å². The van der Waals surface area contributed by atoms with Crippen LogP contribution in [0.2, 0.25) is 0 Å². The fourth-order valence-electron chi connectivity index (χ4n) is 4.47. The van der Waals surface area contributed by atoms with Gasteiger partial charge in [-0.05, 0) is 152 Å². The Hall–Kier alpha value is -1.38. The summed E-state index contributed by atoms with van der Waals surface area (Å²) >= 11 is 0. The molecule has 20 radical (unpaired) electrons. The zero-order valence-corrected chi connectivity index (χ0v) is 24.9. The third kappa shape index (κ3) is 9.56. The molecule has 4 aliphatic carbocycles. The van der Waals surface area contributed by atoms with Gasteiger partial charge in [-0.25, -0.2) is 0 Å². The molecule has 1 aromatic carbocycles. The minimum Gasteiger partial charge on any atom is -0.297 e. The van der Waals surface area contributed by atoms with Crippen LogP contribution in [0, 0.1) is 134 Å². The minimum absolute atomic E-state index is 0. The predicted octanol–water partition coefficient (Wildman–Crippen LogP) is 6.76. The maximum Gasteiger partial charge on any atom is 2.00 e. The first kappa shape index (κ1) is 34.1. The Morgan fingerprint density at radius 2 is 1.15 bits per heavy atom. The molecular formula is C36H31Fe2N3+4. The van der Waals surface area contributed by atoms with E-state index in [0.29, 0.717) is 0 Å². The van der Waals surface area contributed by atoms with E-state index in [2.05, 4.69) is 98.5 Å². The van der Waals surface area contributed by atoms with Gasteiger partial charge in [0.25, 0.3) is 0 Å².